The Morgan fingerprint density at radius 3 is 2.80 bits per heavy atom. The van der Waals surface area contributed by atoms with Crippen LogP contribution in [0.1, 0.15) is 39.5 Å². The fourth-order valence-corrected chi connectivity index (χ4v) is 2.52. The molecule has 0 bridgehead atoms. The number of nitrogens with zero attached hydrogens (tertiary/aromatic N) is 1. The quantitative estimate of drug-likeness (QED) is 0.718. The Balaban J connectivity index is 2.21. The Kier molecular flexibility index (Phi) is 7.59. The van der Waals surface area contributed by atoms with Crippen molar-refractivity contribution in [1.82, 2.24) is 10.2 Å². The van der Waals surface area contributed by atoms with Gasteiger partial charge in [0.15, 0.2) is 0 Å². The van der Waals surface area contributed by atoms with Crippen molar-refractivity contribution in [2.75, 3.05) is 33.3 Å². The first kappa shape index (κ1) is 17.0. The van der Waals surface area contributed by atoms with Gasteiger partial charge in [0.1, 0.15) is 0 Å². The highest BCUT2D eigenvalue weighted by Gasteiger charge is 2.20. The van der Waals surface area contributed by atoms with E-state index in [-0.39, 0.29) is 17.8 Å². The summed E-state index contributed by atoms with van der Waals surface area (Å²) in [5.41, 5.74) is 0. The molecule has 5 nitrogen and oxygen atoms in total. The van der Waals surface area contributed by atoms with Crippen molar-refractivity contribution in [2.24, 2.45) is 11.8 Å². The highest BCUT2D eigenvalue weighted by atomic mass is 16.5. The molecule has 0 spiro atoms. The van der Waals surface area contributed by atoms with Gasteiger partial charge in [0.2, 0.25) is 5.91 Å². The summed E-state index contributed by atoms with van der Waals surface area (Å²) in [5, 5.41) is 3.02. The second kappa shape index (κ2) is 8.95. The molecule has 1 N–H and O–H groups in total. The standard InChI is InChI=1S/C15H28N2O3/c1-12(2)15(19)16-10-13-6-4-8-17(11-13)9-5-7-14(18)20-3/h12-13H,4-11H2,1-3H3,(H,16,19). The number of likely N-dealkylation sites (tertiary alicyclic amines) is 1. The van der Waals surface area contributed by atoms with Crippen LogP contribution in [0.5, 0.6) is 0 Å². The van der Waals surface area contributed by atoms with Crippen LogP contribution in [-0.4, -0.2) is 50.1 Å². The van der Waals surface area contributed by atoms with E-state index in [1.165, 1.54) is 20.0 Å². The van der Waals surface area contributed by atoms with E-state index < -0.39 is 0 Å². The molecule has 1 aliphatic rings. The summed E-state index contributed by atoms with van der Waals surface area (Å²) in [4.78, 5) is 25.0. The van der Waals surface area contributed by atoms with Crippen LogP contribution in [0.15, 0.2) is 0 Å². The largest absolute Gasteiger partial charge is 0.469 e. The third kappa shape index (κ3) is 6.37. The molecule has 1 amide bonds. The molecule has 1 saturated heterocycles. The first-order chi connectivity index (χ1) is 9.52. The highest BCUT2D eigenvalue weighted by molar-refractivity contribution is 5.77. The van der Waals surface area contributed by atoms with Crippen LogP contribution in [-0.2, 0) is 14.3 Å². The maximum absolute atomic E-state index is 11.6. The SMILES string of the molecule is COC(=O)CCCN1CCCC(CNC(=O)C(C)C)C1. The van der Waals surface area contributed by atoms with E-state index in [0.29, 0.717) is 12.3 Å². The first-order valence-corrected chi connectivity index (χ1v) is 7.59. The summed E-state index contributed by atoms with van der Waals surface area (Å²) in [5.74, 6) is 0.579. The minimum Gasteiger partial charge on any atom is -0.469 e. The molecular weight excluding hydrogens is 256 g/mol. The molecule has 0 aliphatic carbocycles. The van der Waals surface area contributed by atoms with Gasteiger partial charge in [0.25, 0.3) is 0 Å². The molecule has 1 heterocycles. The number of ether oxygens (including phenoxy) is 1. The predicted molar refractivity (Wildman–Crippen MR) is 78.3 cm³/mol. The van der Waals surface area contributed by atoms with E-state index in [1.807, 2.05) is 13.8 Å². The number of rotatable bonds is 7. The van der Waals surface area contributed by atoms with Crippen molar-refractivity contribution in [3.05, 3.63) is 0 Å². The summed E-state index contributed by atoms with van der Waals surface area (Å²) in [7, 11) is 1.43. The number of carbonyl (C=O) groups excluding carboxylic acids is 2. The smallest absolute Gasteiger partial charge is 0.305 e. The van der Waals surface area contributed by atoms with Crippen LogP contribution in [0.2, 0.25) is 0 Å². The minimum atomic E-state index is -0.136. The van der Waals surface area contributed by atoms with E-state index in [2.05, 4.69) is 15.0 Å². The Hall–Kier alpha value is -1.10. The van der Waals surface area contributed by atoms with Gasteiger partial charge in [0, 0.05) is 25.4 Å². The molecule has 1 atom stereocenters. The van der Waals surface area contributed by atoms with Gasteiger partial charge >= 0.3 is 5.97 Å². The number of hydrogen-bond donors (Lipinski definition) is 1. The predicted octanol–water partition coefficient (Wildman–Crippen LogP) is 1.42. The molecule has 5 heteroatoms. The average molecular weight is 284 g/mol. The summed E-state index contributed by atoms with van der Waals surface area (Å²) in [6.07, 6.45) is 3.67. The molecule has 0 radical (unpaired) electrons. The lowest BCUT2D eigenvalue weighted by Gasteiger charge is -2.32. The highest BCUT2D eigenvalue weighted by Crippen LogP contribution is 2.16. The van der Waals surface area contributed by atoms with E-state index in [4.69, 9.17) is 0 Å². The minimum absolute atomic E-state index is 0.0507. The van der Waals surface area contributed by atoms with Crippen molar-refractivity contribution in [3.63, 3.8) is 0 Å². The molecule has 1 aliphatic heterocycles. The van der Waals surface area contributed by atoms with Gasteiger partial charge in [-0.25, -0.2) is 0 Å². The zero-order valence-electron chi connectivity index (χ0n) is 13.0. The Bertz CT molecular complexity index is 318. The topological polar surface area (TPSA) is 58.6 Å². The monoisotopic (exact) mass is 284 g/mol. The number of hydrogen-bond acceptors (Lipinski definition) is 4. The lowest BCUT2D eigenvalue weighted by Crippen LogP contribution is -2.42. The van der Waals surface area contributed by atoms with Gasteiger partial charge in [-0.2, -0.15) is 0 Å². The normalized spacial score (nSPS) is 19.9. The molecule has 0 saturated carbocycles. The van der Waals surface area contributed by atoms with Gasteiger partial charge in [-0.05, 0) is 38.3 Å². The lowest BCUT2D eigenvalue weighted by molar-refractivity contribution is -0.140. The molecule has 0 aromatic heterocycles. The van der Waals surface area contributed by atoms with Gasteiger partial charge in [0.05, 0.1) is 7.11 Å². The maximum Gasteiger partial charge on any atom is 0.305 e. The first-order valence-electron chi connectivity index (χ1n) is 7.59. The fourth-order valence-electron chi connectivity index (χ4n) is 2.52. The second-order valence-corrected chi connectivity index (χ2v) is 5.89. The van der Waals surface area contributed by atoms with Crippen LogP contribution >= 0.6 is 0 Å². The number of methoxy groups -OCH3 is 1. The van der Waals surface area contributed by atoms with Crippen molar-refractivity contribution in [3.8, 4) is 0 Å². The summed E-state index contributed by atoms with van der Waals surface area (Å²) >= 11 is 0. The third-order valence-electron chi connectivity index (χ3n) is 3.78. The Labute approximate surface area is 122 Å². The summed E-state index contributed by atoms with van der Waals surface area (Å²) in [6, 6.07) is 0. The van der Waals surface area contributed by atoms with Crippen LogP contribution in [0, 0.1) is 11.8 Å². The average Bonchev–Trinajstić information content (AvgIpc) is 2.44. The van der Waals surface area contributed by atoms with Crippen LogP contribution in [0.25, 0.3) is 0 Å². The van der Waals surface area contributed by atoms with Crippen LogP contribution in [0.4, 0.5) is 0 Å². The molecule has 1 unspecified atom stereocenters. The molecular formula is C15H28N2O3. The lowest BCUT2D eigenvalue weighted by atomic mass is 9.97. The van der Waals surface area contributed by atoms with E-state index >= 15 is 0 Å². The Morgan fingerprint density at radius 1 is 1.40 bits per heavy atom. The van der Waals surface area contributed by atoms with Crippen LogP contribution in [0.3, 0.4) is 0 Å². The summed E-state index contributed by atoms with van der Waals surface area (Å²) in [6.45, 7) is 7.63. The maximum atomic E-state index is 11.6. The van der Waals surface area contributed by atoms with Crippen LogP contribution < -0.4 is 5.32 Å². The van der Waals surface area contributed by atoms with Gasteiger partial charge in [-0.1, -0.05) is 13.8 Å². The number of nitrogens with one attached hydrogen (secondary N) is 1. The van der Waals surface area contributed by atoms with Crippen molar-refractivity contribution < 1.29 is 14.3 Å². The molecule has 1 fully saturated rings. The van der Waals surface area contributed by atoms with Crippen molar-refractivity contribution in [2.45, 2.75) is 39.5 Å². The number of carbonyl (C=O) groups is 2. The van der Waals surface area contributed by atoms with E-state index in [0.717, 1.165) is 32.6 Å². The van der Waals surface area contributed by atoms with Gasteiger partial charge in [-0.3, -0.25) is 9.59 Å². The second-order valence-electron chi connectivity index (χ2n) is 5.89. The van der Waals surface area contributed by atoms with Crippen molar-refractivity contribution >= 4 is 11.9 Å². The molecule has 20 heavy (non-hydrogen) atoms. The van der Waals surface area contributed by atoms with Gasteiger partial charge < -0.3 is 15.0 Å². The fraction of sp³-hybridized carbons (Fsp3) is 0.867. The zero-order chi connectivity index (χ0) is 15.0. The molecule has 1 rings (SSSR count). The molecule has 0 aromatic carbocycles. The van der Waals surface area contributed by atoms with E-state index in [9.17, 15) is 9.59 Å². The third-order valence-corrected chi connectivity index (χ3v) is 3.78. The number of piperidine rings is 1. The summed E-state index contributed by atoms with van der Waals surface area (Å²) < 4.78 is 4.64. The molecule has 0 aromatic rings. The van der Waals surface area contributed by atoms with E-state index in [1.54, 1.807) is 0 Å². The number of esters is 1. The number of amides is 1. The van der Waals surface area contributed by atoms with Crippen molar-refractivity contribution in [1.29, 1.82) is 0 Å². The van der Waals surface area contributed by atoms with Gasteiger partial charge in [-0.15, -0.1) is 0 Å². The zero-order valence-corrected chi connectivity index (χ0v) is 13.0. The Morgan fingerprint density at radius 2 is 2.15 bits per heavy atom. The molecule has 116 valence electrons.